The molecule has 8 heteroatoms. The Balaban J connectivity index is 2.18. The van der Waals surface area contributed by atoms with E-state index in [0.29, 0.717) is 16.7 Å². The van der Waals surface area contributed by atoms with Crippen LogP contribution in [0.5, 0.6) is 0 Å². The number of aryl methyl sites for hydroxylation is 1. The van der Waals surface area contributed by atoms with Crippen molar-refractivity contribution in [1.82, 2.24) is 14.5 Å². The van der Waals surface area contributed by atoms with Crippen molar-refractivity contribution >= 4 is 26.0 Å². The van der Waals surface area contributed by atoms with E-state index in [1.807, 2.05) is 0 Å². The molecule has 0 saturated carbocycles. The zero-order chi connectivity index (χ0) is 14.8. The third-order valence-electron chi connectivity index (χ3n) is 2.73. The number of nitrogens with zero attached hydrogens (tertiary/aromatic N) is 2. The van der Waals surface area contributed by atoms with Gasteiger partial charge in [-0.1, -0.05) is 6.07 Å². The first kappa shape index (κ1) is 15.2. The number of nitrogens with one attached hydrogen (secondary N) is 1. The van der Waals surface area contributed by atoms with Crippen LogP contribution in [0.2, 0.25) is 0 Å². The molecule has 1 aromatic carbocycles. The van der Waals surface area contributed by atoms with E-state index in [1.165, 1.54) is 6.07 Å². The highest BCUT2D eigenvalue weighted by atomic mass is 79.9. The molecule has 0 aliphatic rings. The number of aromatic nitrogens is 2. The molecule has 108 valence electrons. The Labute approximate surface area is 126 Å². The minimum atomic E-state index is -3.59. The predicted molar refractivity (Wildman–Crippen MR) is 79.3 cm³/mol. The van der Waals surface area contributed by atoms with Crippen LogP contribution < -0.4 is 10.5 Å². The number of sulfonamides is 1. The highest BCUT2D eigenvalue weighted by Gasteiger charge is 2.17. The van der Waals surface area contributed by atoms with Gasteiger partial charge in [0.2, 0.25) is 10.0 Å². The largest absolute Gasteiger partial charge is 0.326 e. The number of benzene rings is 1. The summed E-state index contributed by atoms with van der Waals surface area (Å²) in [5, 5.41) is 4.12. The van der Waals surface area contributed by atoms with Crippen LogP contribution in [0.25, 0.3) is 0 Å². The van der Waals surface area contributed by atoms with Gasteiger partial charge in [-0.3, -0.25) is 4.68 Å². The minimum absolute atomic E-state index is 0.147. The van der Waals surface area contributed by atoms with Gasteiger partial charge in [-0.15, -0.1) is 0 Å². The Morgan fingerprint density at radius 3 is 2.70 bits per heavy atom. The molecule has 0 aliphatic carbocycles. The van der Waals surface area contributed by atoms with Crippen LogP contribution in [0.4, 0.5) is 0 Å². The molecular formula is C12H15BrN4O2S. The first-order valence-corrected chi connectivity index (χ1v) is 8.16. The van der Waals surface area contributed by atoms with Crippen molar-refractivity contribution < 1.29 is 8.42 Å². The molecule has 0 aliphatic heterocycles. The topological polar surface area (TPSA) is 90.0 Å². The van der Waals surface area contributed by atoms with Gasteiger partial charge >= 0.3 is 0 Å². The summed E-state index contributed by atoms with van der Waals surface area (Å²) in [5.74, 6) is 0. The van der Waals surface area contributed by atoms with Gasteiger partial charge in [-0.25, -0.2) is 13.1 Å². The summed E-state index contributed by atoms with van der Waals surface area (Å²) in [6.07, 6.45) is 1.76. The van der Waals surface area contributed by atoms with Gasteiger partial charge in [-0.05, 0) is 39.7 Å². The van der Waals surface area contributed by atoms with Gasteiger partial charge < -0.3 is 5.73 Å². The number of hydrogen-bond acceptors (Lipinski definition) is 4. The van der Waals surface area contributed by atoms with E-state index in [4.69, 9.17) is 5.73 Å². The minimum Gasteiger partial charge on any atom is -0.326 e. The molecule has 0 spiro atoms. The molecule has 0 atom stereocenters. The van der Waals surface area contributed by atoms with Crippen molar-refractivity contribution in [2.24, 2.45) is 12.8 Å². The van der Waals surface area contributed by atoms with Gasteiger partial charge in [0.1, 0.15) is 0 Å². The van der Waals surface area contributed by atoms with E-state index in [9.17, 15) is 8.42 Å². The maximum absolute atomic E-state index is 12.2. The molecular weight excluding hydrogens is 344 g/mol. The van der Waals surface area contributed by atoms with Crippen LogP contribution in [0.3, 0.4) is 0 Å². The lowest BCUT2D eigenvalue weighted by molar-refractivity contribution is 0.579. The zero-order valence-corrected chi connectivity index (χ0v) is 13.3. The van der Waals surface area contributed by atoms with E-state index in [2.05, 4.69) is 25.8 Å². The Morgan fingerprint density at radius 1 is 1.40 bits per heavy atom. The van der Waals surface area contributed by atoms with Crippen LogP contribution >= 0.6 is 15.9 Å². The number of halogens is 1. The van der Waals surface area contributed by atoms with E-state index in [-0.39, 0.29) is 11.4 Å². The highest BCUT2D eigenvalue weighted by molar-refractivity contribution is 9.10. The third kappa shape index (κ3) is 3.45. The Bertz CT molecular complexity index is 712. The average Bonchev–Trinajstić information content (AvgIpc) is 2.82. The SMILES string of the molecule is Cn1ccc(CNS(=O)(=O)c2ccc(CN)cc2Br)n1. The van der Waals surface area contributed by atoms with Crippen LogP contribution in [0, 0.1) is 0 Å². The van der Waals surface area contributed by atoms with Crippen LogP contribution in [0.15, 0.2) is 39.8 Å². The second-order valence-corrected chi connectivity index (χ2v) is 6.86. The normalized spacial score (nSPS) is 11.8. The van der Waals surface area contributed by atoms with Crippen LogP contribution in [0.1, 0.15) is 11.3 Å². The molecule has 0 radical (unpaired) electrons. The van der Waals surface area contributed by atoms with Gasteiger partial charge in [0.25, 0.3) is 0 Å². The maximum atomic E-state index is 12.2. The van der Waals surface area contributed by atoms with Gasteiger partial charge in [0, 0.05) is 24.3 Å². The summed E-state index contributed by atoms with van der Waals surface area (Å²) >= 11 is 3.26. The molecule has 0 bridgehead atoms. The molecule has 3 N–H and O–H groups in total. The lowest BCUT2D eigenvalue weighted by Gasteiger charge is -2.08. The van der Waals surface area contributed by atoms with Crippen LogP contribution in [-0.2, 0) is 30.2 Å². The van der Waals surface area contributed by atoms with Crippen molar-refractivity contribution in [3.63, 3.8) is 0 Å². The highest BCUT2D eigenvalue weighted by Crippen LogP contribution is 2.23. The standard InChI is InChI=1S/C12H15BrN4O2S/c1-17-5-4-10(16-17)8-15-20(18,19)12-3-2-9(7-14)6-11(12)13/h2-6,15H,7-8,14H2,1H3. The molecule has 1 heterocycles. The fourth-order valence-electron chi connectivity index (χ4n) is 1.69. The van der Waals surface area contributed by atoms with Crippen molar-refractivity contribution in [3.8, 4) is 0 Å². The first-order chi connectivity index (χ1) is 9.42. The summed E-state index contributed by atoms with van der Waals surface area (Å²) in [7, 11) is -1.81. The summed E-state index contributed by atoms with van der Waals surface area (Å²) in [4.78, 5) is 0.186. The lowest BCUT2D eigenvalue weighted by Crippen LogP contribution is -2.24. The van der Waals surface area contributed by atoms with Gasteiger partial charge in [-0.2, -0.15) is 5.10 Å². The fourth-order valence-corrected chi connectivity index (χ4v) is 3.82. The molecule has 0 unspecified atom stereocenters. The summed E-state index contributed by atoms with van der Waals surface area (Å²) in [6.45, 7) is 0.508. The van der Waals surface area contributed by atoms with E-state index in [0.717, 1.165) is 5.56 Å². The average molecular weight is 359 g/mol. The number of hydrogen-bond donors (Lipinski definition) is 2. The molecule has 20 heavy (non-hydrogen) atoms. The number of rotatable bonds is 5. The molecule has 0 amide bonds. The quantitative estimate of drug-likeness (QED) is 0.837. The van der Waals surface area contributed by atoms with Gasteiger partial charge in [0.15, 0.2) is 0 Å². The summed E-state index contributed by atoms with van der Waals surface area (Å²) in [6, 6.07) is 6.69. The van der Waals surface area contributed by atoms with E-state index >= 15 is 0 Å². The second kappa shape index (κ2) is 6.04. The molecule has 2 rings (SSSR count). The van der Waals surface area contributed by atoms with Crippen LogP contribution in [-0.4, -0.2) is 18.2 Å². The van der Waals surface area contributed by atoms with Crippen molar-refractivity contribution in [2.45, 2.75) is 18.0 Å². The molecule has 2 aromatic rings. The van der Waals surface area contributed by atoms with E-state index < -0.39 is 10.0 Å². The number of nitrogens with two attached hydrogens (primary N) is 1. The molecule has 0 fully saturated rings. The Hall–Kier alpha value is -1.22. The third-order valence-corrected chi connectivity index (χ3v) is 5.11. The first-order valence-electron chi connectivity index (χ1n) is 5.89. The predicted octanol–water partition coefficient (Wildman–Crippen LogP) is 1.12. The maximum Gasteiger partial charge on any atom is 0.242 e. The molecule has 1 aromatic heterocycles. The Kier molecular flexibility index (Phi) is 4.59. The smallest absolute Gasteiger partial charge is 0.242 e. The Morgan fingerprint density at radius 2 is 2.15 bits per heavy atom. The summed E-state index contributed by atoms with van der Waals surface area (Å²) in [5.41, 5.74) is 7.04. The monoisotopic (exact) mass is 358 g/mol. The van der Waals surface area contributed by atoms with Crippen molar-refractivity contribution in [1.29, 1.82) is 0 Å². The van der Waals surface area contributed by atoms with E-state index in [1.54, 1.807) is 36.1 Å². The van der Waals surface area contributed by atoms with Gasteiger partial charge in [0.05, 0.1) is 17.1 Å². The van der Waals surface area contributed by atoms with Crippen molar-refractivity contribution in [2.75, 3.05) is 0 Å². The fraction of sp³-hybridized carbons (Fsp3) is 0.250. The molecule has 6 nitrogen and oxygen atoms in total. The lowest BCUT2D eigenvalue weighted by atomic mass is 10.2. The molecule has 0 saturated heterocycles. The second-order valence-electron chi connectivity index (χ2n) is 4.27. The summed E-state index contributed by atoms with van der Waals surface area (Å²) < 4.78 is 29.1. The zero-order valence-electron chi connectivity index (χ0n) is 10.9. The van der Waals surface area contributed by atoms with Crippen molar-refractivity contribution in [3.05, 3.63) is 46.2 Å².